The number of benzene rings is 2. The number of hydrogen-bond donors (Lipinski definition) is 0. The largest absolute Gasteiger partial charge is 0.299 e. The Kier molecular flexibility index (Phi) is 2.13. The van der Waals surface area contributed by atoms with Crippen LogP contribution in [0.4, 0.5) is 5.69 Å². The number of rotatable bonds is 1. The van der Waals surface area contributed by atoms with Crippen LogP contribution in [0.3, 0.4) is 0 Å². The van der Waals surface area contributed by atoms with E-state index in [1.807, 2.05) is 53.1 Å². The maximum absolute atomic E-state index is 6.98. The predicted molar refractivity (Wildman–Crippen MR) is 67.3 cm³/mol. The van der Waals surface area contributed by atoms with Gasteiger partial charge in [0.25, 0.3) is 0 Å². The molecule has 0 amide bonds. The van der Waals surface area contributed by atoms with Crippen molar-refractivity contribution in [1.29, 1.82) is 0 Å². The summed E-state index contributed by atoms with van der Waals surface area (Å²) in [7, 11) is 0. The van der Waals surface area contributed by atoms with E-state index in [0.717, 1.165) is 16.7 Å². The van der Waals surface area contributed by atoms with Crippen LogP contribution in [-0.2, 0) is 0 Å². The zero-order valence-corrected chi connectivity index (χ0v) is 9.04. The van der Waals surface area contributed by atoms with Gasteiger partial charge in [0.15, 0.2) is 5.69 Å². The minimum absolute atomic E-state index is 0.621. The van der Waals surface area contributed by atoms with E-state index in [1.54, 1.807) is 6.33 Å². The summed E-state index contributed by atoms with van der Waals surface area (Å²) in [6.07, 6.45) is 1.79. The monoisotopic (exact) mass is 219 g/mol. The molecular formula is C14H9N3. The number of hydrogen-bond acceptors (Lipinski definition) is 1. The molecule has 80 valence electrons. The molecular weight excluding hydrogens is 210 g/mol. The van der Waals surface area contributed by atoms with Crippen molar-refractivity contribution < 1.29 is 0 Å². The molecule has 3 aromatic rings. The van der Waals surface area contributed by atoms with E-state index in [1.165, 1.54) is 0 Å². The Bertz CT molecular complexity index is 705. The van der Waals surface area contributed by atoms with Crippen molar-refractivity contribution in [3.8, 4) is 5.69 Å². The Hall–Kier alpha value is -2.60. The van der Waals surface area contributed by atoms with Gasteiger partial charge in [-0.05, 0) is 24.3 Å². The average molecular weight is 219 g/mol. The first-order valence-corrected chi connectivity index (χ1v) is 5.28. The first-order valence-electron chi connectivity index (χ1n) is 5.28. The zero-order chi connectivity index (χ0) is 11.7. The lowest BCUT2D eigenvalue weighted by molar-refractivity contribution is 1.09. The molecule has 2 aromatic carbocycles. The van der Waals surface area contributed by atoms with Crippen LogP contribution in [0, 0.1) is 6.57 Å². The highest BCUT2D eigenvalue weighted by molar-refractivity contribution is 5.81. The quantitative estimate of drug-likeness (QED) is 0.573. The van der Waals surface area contributed by atoms with Gasteiger partial charge in [0.05, 0.1) is 17.6 Å². The molecule has 1 aromatic heterocycles. The molecule has 3 rings (SSSR count). The van der Waals surface area contributed by atoms with E-state index in [2.05, 4.69) is 9.83 Å². The summed E-state index contributed by atoms with van der Waals surface area (Å²) >= 11 is 0. The number of imidazole rings is 1. The number of nitrogens with zero attached hydrogens (tertiary/aromatic N) is 3. The maximum atomic E-state index is 6.98. The van der Waals surface area contributed by atoms with Gasteiger partial charge in [-0.15, -0.1) is 0 Å². The van der Waals surface area contributed by atoms with E-state index >= 15 is 0 Å². The topological polar surface area (TPSA) is 22.2 Å². The third-order valence-corrected chi connectivity index (χ3v) is 2.69. The van der Waals surface area contributed by atoms with Crippen LogP contribution in [0.1, 0.15) is 0 Å². The van der Waals surface area contributed by atoms with Crippen LogP contribution >= 0.6 is 0 Å². The zero-order valence-electron chi connectivity index (χ0n) is 9.04. The lowest BCUT2D eigenvalue weighted by atomic mass is 10.2. The van der Waals surface area contributed by atoms with Crippen LogP contribution < -0.4 is 0 Å². The standard InChI is InChI=1S/C14H9N3/c1-15-11-7-8-14-13(9-11)16-10-17(14)12-5-3-2-4-6-12/h2-10H. The number of para-hydroxylation sites is 1. The molecule has 0 unspecified atom stereocenters. The molecule has 0 saturated heterocycles. The molecule has 0 saturated carbocycles. The smallest absolute Gasteiger partial charge is 0.189 e. The average Bonchev–Trinajstić information content (AvgIpc) is 2.82. The second-order valence-electron chi connectivity index (χ2n) is 3.73. The Morgan fingerprint density at radius 1 is 1.06 bits per heavy atom. The van der Waals surface area contributed by atoms with Crippen LogP contribution in [0.15, 0.2) is 54.9 Å². The lowest BCUT2D eigenvalue weighted by Crippen LogP contribution is -1.90. The molecule has 0 aliphatic heterocycles. The second-order valence-corrected chi connectivity index (χ2v) is 3.73. The minimum Gasteiger partial charge on any atom is -0.299 e. The molecule has 3 heteroatoms. The normalized spacial score (nSPS) is 10.3. The fourth-order valence-electron chi connectivity index (χ4n) is 1.86. The van der Waals surface area contributed by atoms with Gasteiger partial charge >= 0.3 is 0 Å². The van der Waals surface area contributed by atoms with E-state index in [9.17, 15) is 0 Å². The van der Waals surface area contributed by atoms with Crippen molar-refractivity contribution in [2.75, 3.05) is 0 Å². The second kappa shape index (κ2) is 3.76. The lowest BCUT2D eigenvalue weighted by Gasteiger charge is -2.03. The molecule has 0 atom stereocenters. The van der Waals surface area contributed by atoms with Crippen molar-refractivity contribution in [3.63, 3.8) is 0 Å². The summed E-state index contributed by atoms with van der Waals surface area (Å²) in [6.45, 7) is 6.98. The summed E-state index contributed by atoms with van der Waals surface area (Å²) in [6, 6.07) is 15.6. The Labute approximate surface area is 98.8 Å². The predicted octanol–water partition coefficient (Wildman–Crippen LogP) is 3.58. The molecule has 0 N–H and O–H groups in total. The number of aromatic nitrogens is 2. The molecule has 1 heterocycles. The van der Waals surface area contributed by atoms with E-state index in [0.29, 0.717) is 5.69 Å². The molecule has 0 bridgehead atoms. The van der Waals surface area contributed by atoms with Gasteiger partial charge in [0.1, 0.15) is 6.33 Å². The maximum Gasteiger partial charge on any atom is 0.189 e. The van der Waals surface area contributed by atoms with E-state index < -0.39 is 0 Å². The van der Waals surface area contributed by atoms with Gasteiger partial charge in [-0.1, -0.05) is 24.3 Å². The van der Waals surface area contributed by atoms with Gasteiger partial charge in [-0.3, -0.25) is 4.57 Å². The van der Waals surface area contributed by atoms with Crippen molar-refractivity contribution in [1.82, 2.24) is 9.55 Å². The highest BCUT2D eigenvalue weighted by atomic mass is 15.0. The summed E-state index contributed by atoms with van der Waals surface area (Å²) < 4.78 is 2.02. The van der Waals surface area contributed by atoms with Crippen molar-refractivity contribution in [2.24, 2.45) is 0 Å². The number of fused-ring (bicyclic) bond motifs is 1. The third-order valence-electron chi connectivity index (χ3n) is 2.69. The minimum atomic E-state index is 0.621. The highest BCUT2D eigenvalue weighted by Gasteiger charge is 2.04. The van der Waals surface area contributed by atoms with Crippen molar-refractivity contribution >= 4 is 16.7 Å². The van der Waals surface area contributed by atoms with Gasteiger partial charge in [0.2, 0.25) is 0 Å². The fraction of sp³-hybridized carbons (Fsp3) is 0. The fourth-order valence-corrected chi connectivity index (χ4v) is 1.86. The summed E-state index contributed by atoms with van der Waals surface area (Å²) in [5.41, 5.74) is 3.56. The summed E-state index contributed by atoms with van der Waals surface area (Å²) in [5, 5.41) is 0. The molecule has 17 heavy (non-hydrogen) atoms. The van der Waals surface area contributed by atoms with Gasteiger partial charge < -0.3 is 0 Å². The van der Waals surface area contributed by atoms with Crippen LogP contribution in [0.5, 0.6) is 0 Å². The first kappa shape index (κ1) is 9.61. The van der Waals surface area contributed by atoms with Crippen molar-refractivity contribution in [3.05, 3.63) is 66.3 Å². The highest BCUT2D eigenvalue weighted by Crippen LogP contribution is 2.22. The van der Waals surface area contributed by atoms with Crippen LogP contribution in [0.2, 0.25) is 0 Å². The Morgan fingerprint density at radius 2 is 1.88 bits per heavy atom. The summed E-state index contributed by atoms with van der Waals surface area (Å²) in [5.74, 6) is 0. The van der Waals surface area contributed by atoms with Gasteiger partial charge in [0, 0.05) is 5.69 Å². The molecule has 0 aliphatic carbocycles. The van der Waals surface area contributed by atoms with Gasteiger partial charge in [-0.25, -0.2) is 9.83 Å². The molecule has 3 nitrogen and oxygen atoms in total. The summed E-state index contributed by atoms with van der Waals surface area (Å²) in [4.78, 5) is 7.73. The van der Waals surface area contributed by atoms with Gasteiger partial charge in [-0.2, -0.15) is 0 Å². The van der Waals surface area contributed by atoms with Crippen LogP contribution in [-0.4, -0.2) is 9.55 Å². The third kappa shape index (κ3) is 1.56. The van der Waals surface area contributed by atoms with Crippen molar-refractivity contribution in [2.45, 2.75) is 0 Å². The van der Waals surface area contributed by atoms with Crippen LogP contribution in [0.25, 0.3) is 21.6 Å². The molecule has 0 radical (unpaired) electrons. The molecule has 0 aliphatic rings. The van der Waals surface area contributed by atoms with E-state index in [4.69, 9.17) is 6.57 Å². The van der Waals surface area contributed by atoms with E-state index in [-0.39, 0.29) is 0 Å². The molecule has 0 fully saturated rings. The Morgan fingerprint density at radius 3 is 2.65 bits per heavy atom. The Balaban J connectivity index is 2.23. The SMILES string of the molecule is [C-]#[N+]c1ccc2c(c1)ncn2-c1ccccc1. The molecule has 0 spiro atoms. The first-order chi connectivity index (χ1) is 8.38.